The predicted molar refractivity (Wildman–Crippen MR) is 58.3 cm³/mol. The first-order valence-electron chi connectivity index (χ1n) is 5.30. The van der Waals surface area contributed by atoms with Gasteiger partial charge >= 0.3 is 0 Å². The number of likely N-dealkylation sites (N-methyl/N-ethyl adjacent to an activating group) is 1. The third-order valence-electron chi connectivity index (χ3n) is 2.57. The molecule has 2 rings (SSSR count). The van der Waals surface area contributed by atoms with Gasteiger partial charge in [-0.3, -0.25) is 4.79 Å². The standard InChI is InChI=1S/C11H15N3O2/c1-8-5-9(7-15)13-11(12-8)10-6-14(2)3-4-16-10/h5,7,10H,3-4,6H2,1-2H3. The largest absolute Gasteiger partial charge is 0.368 e. The highest BCUT2D eigenvalue weighted by atomic mass is 16.5. The Bertz CT molecular complexity index is 395. The van der Waals surface area contributed by atoms with Crippen LogP contribution in [-0.2, 0) is 4.74 Å². The van der Waals surface area contributed by atoms with E-state index in [2.05, 4.69) is 14.9 Å². The van der Waals surface area contributed by atoms with Crippen molar-refractivity contribution in [3.8, 4) is 0 Å². The van der Waals surface area contributed by atoms with E-state index in [0.29, 0.717) is 18.1 Å². The Kier molecular flexibility index (Phi) is 3.26. The molecule has 16 heavy (non-hydrogen) atoms. The van der Waals surface area contributed by atoms with E-state index in [0.717, 1.165) is 25.1 Å². The SMILES string of the molecule is Cc1cc(C=O)nc(C2CN(C)CCO2)n1. The second kappa shape index (κ2) is 4.67. The van der Waals surface area contributed by atoms with Crippen LogP contribution in [0.3, 0.4) is 0 Å². The van der Waals surface area contributed by atoms with Crippen molar-refractivity contribution in [1.82, 2.24) is 14.9 Å². The van der Waals surface area contributed by atoms with E-state index in [9.17, 15) is 4.79 Å². The molecule has 5 nitrogen and oxygen atoms in total. The maximum absolute atomic E-state index is 10.7. The van der Waals surface area contributed by atoms with E-state index in [-0.39, 0.29) is 6.10 Å². The fourth-order valence-corrected chi connectivity index (χ4v) is 1.75. The summed E-state index contributed by atoms with van der Waals surface area (Å²) in [5, 5.41) is 0. The van der Waals surface area contributed by atoms with Crippen LogP contribution >= 0.6 is 0 Å². The molecule has 1 atom stereocenters. The predicted octanol–water partition coefficient (Wildman–Crippen LogP) is 0.601. The van der Waals surface area contributed by atoms with Gasteiger partial charge in [0, 0.05) is 18.8 Å². The Morgan fingerprint density at radius 3 is 3.06 bits per heavy atom. The number of morpholine rings is 1. The lowest BCUT2D eigenvalue weighted by Gasteiger charge is -2.29. The number of rotatable bonds is 2. The molecular weight excluding hydrogens is 206 g/mol. The third-order valence-corrected chi connectivity index (χ3v) is 2.57. The molecule has 0 spiro atoms. The second-order valence-corrected chi connectivity index (χ2v) is 4.03. The van der Waals surface area contributed by atoms with Gasteiger partial charge < -0.3 is 9.64 Å². The van der Waals surface area contributed by atoms with Crippen molar-refractivity contribution in [1.29, 1.82) is 0 Å². The Hall–Kier alpha value is -1.33. The quantitative estimate of drug-likeness (QED) is 0.684. The lowest BCUT2D eigenvalue weighted by atomic mass is 10.2. The van der Waals surface area contributed by atoms with Crippen molar-refractivity contribution in [2.24, 2.45) is 0 Å². The molecule has 1 aromatic heterocycles. The topological polar surface area (TPSA) is 55.3 Å². The molecule has 0 N–H and O–H groups in total. The lowest BCUT2D eigenvalue weighted by Crippen LogP contribution is -2.36. The zero-order valence-corrected chi connectivity index (χ0v) is 9.51. The minimum absolute atomic E-state index is 0.127. The summed E-state index contributed by atoms with van der Waals surface area (Å²) in [7, 11) is 2.03. The Morgan fingerprint density at radius 1 is 1.56 bits per heavy atom. The van der Waals surface area contributed by atoms with Crippen molar-refractivity contribution in [2.75, 3.05) is 26.7 Å². The van der Waals surface area contributed by atoms with Gasteiger partial charge in [-0.1, -0.05) is 0 Å². The molecule has 86 valence electrons. The first kappa shape index (κ1) is 11.2. The Balaban J connectivity index is 2.24. The summed E-state index contributed by atoms with van der Waals surface area (Å²) in [6, 6.07) is 1.67. The fourth-order valence-electron chi connectivity index (χ4n) is 1.75. The van der Waals surface area contributed by atoms with Gasteiger partial charge in [-0.15, -0.1) is 0 Å². The number of nitrogens with zero attached hydrogens (tertiary/aromatic N) is 3. The first-order valence-corrected chi connectivity index (χ1v) is 5.30. The molecule has 0 radical (unpaired) electrons. The summed E-state index contributed by atoms with van der Waals surface area (Å²) in [5.74, 6) is 0.605. The molecule has 1 aliphatic rings. The van der Waals surface area contributed by atoms with Gasteiger partial charge in [0.15, 0.2) is 12.1 Å². The van der Waals surface area contributed by atoms with Crippen LogP contribution in [-0.4, -0.2) is 47.9 Å². The van der Waals surface area contributed by atoms with Gasteiger partial charge in [-0.05, 0) is 20.0 Å². The maximum Gasteiger partial charge on any atom is 0.168 e. The molecule has 1 saturated heterocycles. The van der Waals surface area contributed by atoms with Crippen LogP contribution in [0.25, 0.3) is 0 Å². The monoisotopic (exact) mass is 221 g/mol. The summed E-state index contributed by atoms with van der Waals surface area (Å²) in [6.45, 7) is 4.21. The zero-order chi connectivity index (χ0) is 11.5. The number of carbonyl (C=O) groups excluding carboxylic acids is 1. The van der Waals surface area contributed by atoms with Crippen molar-refractivity contribution in [3.63, 3.8) is 0 Å². The van der Waals surface area contributed by atoms with E-state index < -0.39 is 0 Å². The highest BCUT2D eigenvalue weighted by Gasteiger charge is 2.22. The second-order valence-electron chi connectivity index (χ2n) is 4.03. The van der Waals surface area contributed by atoms with E-state index in [1.165, 1.54) is 0 Å². The first-order chi connectivity index (χ1) is 7.69. The summed E-state index contributed by atoms with van der Waals surface area (Å²) in [6.07, 6.45) is 0.613. The number of aryl methyl sites for hydroxylation is 1. The van der Waals surface area contributed by atoms with Gasteiger partial charge in [0.1, 0.15) is 11.8 Å². The summed E-state index contributed by atoms with van der Waals surface area (Å²) >= 11 is 0. The molecule has 1 unspecified atom stereocenters. The molecule has 0 amide bonds. The molecule has 1 aromatic rings. The fraction of sp³-hybridized carbons (Fsp3) is 0.545. The van der Waals surface area contributed by atoms with Crippen LogP contribution in [0.1, 0.15) is 28.1 Å². The van der Waals surface area contributed by atoms with Gasteiger partial charge in [0.25, 0.3) is 0 Å². The lowest BCUT2D eigenvalue weighted by molar-refractivity contribution is -0.0256. The van der Waals surface area contributed by atoms with Crippen molar-refractivity contribution < 1.29 is 9.53 Å². The van der Waals surface area contributed by atoms with Crippen LogP contribution in [0.4, 0.5) is 0 Å². The molecule has 1 fully saturated rings. The zero-order valence-electron chi connectivity index (χ0n) is 9.51. The highest BCUT2D eigenvalue weighted by Crippen LogP contribution is 2.18. The minimum atomic E-state index is -0.127. The average Bonchev–Trinajstić information content (AvgIpc) is 2.28. The molecule has 5 heteroatoms. The van der Waals surface area contributed by atoms with Gasteiger partial charge in [-0.2, -0.15) is 0 Å². The molecule has 2 heterocycles. The normalized spacial score (nSPS) is 22.0. The van der Waals surface area contributed by atoms with Crippen LogP contribution < -0.4 is 0 Å². The average molecular weight is 221 g/mol. The molecular formula is C11H15N3O2. The number of hydrogen-bond donors (Lipinski definition) is 0. The molecule has 0 saturated carbocycles. The number of carbonyl (C=O) groups is 1. The van der Waals surface area contributed by atoms with Crippen LogP contribution in [0.15, 0.2) is 6.07 Å². The van der Waals surface area contributed by atoms with E-state index in [1.54, 1.807) is 6.07 Å². The highest BCUT2D eigenvalue weighted by molar-refractivity contribution is 5.71. The summed E-state index contributed by atoms with van der Waals surface area (Å²) < 4.78 is 5.61. The molecule has 0 aromatic carbocycles. The van der Waals surface area contributed by atoms with E-state index >= 15 is 0 Å². The molecule has 1 aliphatic heterocycles. The van der Waals surface area contributed by atoms with Crippen LogP contribution in [0.2, 0.25) is 0 Å². The van der Waals surface area contributed by atoms with Gasteiger partial charge in [-0.25, -0.2) is 9.97 Å². The Morgan fingerprint density at radius 2 is 2.38 bits per heavy atom. The number of aldehydes is 1. The summed E-state index contributed by atoms with van der Waals surface area (Å²) in [5.41, 5.74) is 1.21. The molecule has 0 aliphatic carbocycles. The van der Waals surface area contributed by atoms with Crippen LogP contribution in [0, 0.1) is 6.92 Å². The van der Waals surface area contributed by atoms with E-state index in [1.807, 2.05) is 14.0 Å². The van der Waals surface area contributed by atoms with Crippen molar-refractivity contribution >= 4 is 6.29 Å². The maximum atomic E-state index is 10.7. The minimum Gasteiger partial charge on any atom is -0.368 e. The summed E-state index contributed by atoms with van der Waals surface area (Å²) in [4.78, 5) is 21.4. The number of hydrogen-bond acceptors (Lipinski definition) is 5. The molecule has 0 bridgehead atoms. The van der Waals surface area contributed by atoms with Crippen molar-refractivity contribution in [3.05, 3.63) is 23.3 Å². The van der Waals surface area contributed by atoms with Crippen molar-refractivity contribution in [2.45, 2.75) is 13.0 Å². The van der Waals surface area contributed by atoms with E-state index in [4.69, 9.17) is 4.74 Å². The third kappa shape index (κ3) is 2.43. The van der Waals surface area contributed by atoms with Gasteiger partial charge in [0.05, 0.1) is 6.61 Å². The number of aromatic nitrogens is 2. The van der Waals surface area contributed by atoms with Gasteiger partial charge in [0.2, 0.25) is 0 Å². The smallest absolute Gasteiger partial charge is 0.168 e. The Labute approximate surface area is 94.5 Å². The number of ether oxygens (including phenoxy) is 1. The van der Waals surface area contributed by atoms with Crippen LogP contribution in [0.5, 0.6) is 0 Å².